The summed E-state index contributed by atoms with van der Waals surface area (Å²) in [6.45, 7) is 5.13. The van der Waals surface area contributed by atoms with Crippen LogP contribution in [0.3, 0.4) is 0 Å². The van der Waals surface area contributed by atoms with Crippen LogP contribution < -0.4 is 21.3 Å². The second-order valence-electron chi connectivity index (χ2n) is 12.6. The number of aromatic nitrogens is 2. The van der Waals surface area contributed by atoms with Crippen LogP contribution in [0.2, 0.25) is 0 Å². The van der Waals surface area contributed by atoms with Crippen LogP contribution in [0.4, 0.5) is 22.1 Å². The highest BCUT2D eigenvalue weighted by Gasteiger charge is 2.36. The first-order valence-corrected chi connectivity index (χ1v) is 15.3. The van der Waals surface area contributed by atoms with Gasteiger partial charge in [0.1, 0.15) is 5.82 Å². The molecule has 5 N–H and O–H groups in total. The van der Waals surface area contributed by atoms with Crippen molar-refractivity contribution < 1.29 is 14.7 Å². The topological polar surface area (TPSA) is 140 Å². The second kappa shape index (κ2) is 12.8. The maximum atomic E-state index is 12.3. The van der Waals surface area contributed by atoms with Gasteiger partial charge in [-0.2, -0.15) is 0 Å². The van der Waals surface area contributed by atoms with Gasteiger partial charge in [0.15, 0.2) is 11.5 Å². The van der Waals surface area contributed by atoms with E-state index in [0.29, 0.717) is 12.4 Å². The molecule has 3 amide bonds. The lowest BCUT2D eigenvalue weighted by molar-refractivity contribution is 0.0996. The molecule has 5 rings (SSSR count). The van der Waals surface area contributed by atoms with E-state index in [1.807, 2.05) is 17.0 Å². The quantitative estimate of drug-likeness (QED) is 0.374. The Morgan fingerprint density at radius 3 is 2.38 bits per heavy atom. The van der Waals surface area contributed by atoms with Crippen LogP contribution in [-0.2, 0) is 5.41 Å². The zero-order valence-electron chi connectivity index (χ0n) is 25.2. The summed E-state index contributed by atoms with van der Waals surface area (Å²) in [5.41, 5.74) is 7.95. The number of amides is 3. The smallest absolute Gasteiger partial charge is 0.317 e. The third kappa shape index (κ3) is 6.47. The molecule has 2 aromatic rings. The molecule has 2 aliphatic heterocycles. The Hall–Kier alpha value is -3.44. The Bertz CT molecular complexity index is 1240. The monoisotopic (exact) mass is 578 g/mol. The molecule has 228 valence electrons. The van der Waals surface area contributed by atoms with E-state index in [9.17, 15) is 14.7 Å². The number of hydrogen-bond donors (Lipinski definition) is 4. The standard InChI is InChI=1S/C31H46N8O3/c1-31(14-17-38(18-15-31)23-7-4-5-8-23)21-10-12-22(13-11-21)34-29-27(28(32)41)33-19-26(36-29)39-16-6-9-24(25(39)20-40)35-30(42)37(2)3/h10-13,19,23-25,40H,4-9,14-18,20H2,1-3H3,(H2,32,41)(H,34,36)(H,35,42)/t24-,25+/m1/s1. The van der Waals surface area contributed by atoms with E-state index in [4.69, 9.17) is 10.7 Å². The van der Waals surface area contributed by atoms with Gasteiger partial charge in [-0.05, 0) is 74.7 Å². The maximum absolute atomic E-state index is 12.3. The molecule has 11 nitrogen and oxygen atoms in total. The third-order valence-electron chi connectivity index (χ3n) is 9.56. The maximum Gasteiger partial charge on any atom is 0.317 e. The van der Waals surface area contributed by atoms with Crippen molar-refractivity contribution in [2.24, 2.45) is 5.73 Å². The number of urea groups is 1. The number of rotatable bonds is 8. The van der Waals surface area contributed by atoms with Gasteiger partial charge in [0, 0.05) is 32.4 Å². The summed E-state index contributed by atoms with van der Waals surface area (Å²) in [6, 6.07) is 8.29. The summed E-state index contributed by atoms with van der Waals surface area (Å²) >= 11 is 0. The second-order valence-corrected chi connectivity index (χ2v) is 12.6. The molecule has 1 aliphatic carbocycles. The zero-order chi connectivity index (χ0) is 29.9. The first kappa shape index (κ1) is 30.0. The average Bonchev–Trinajstić information content (AvgIpc) is 3.53. The molecule has 2 atom stereocenters. The van der Waals surface area contributed by atoms with Gasteiger partial charge < -0.3 is 36.2 Å². The number of anilines is 3. The van der Waals surface area contributed by atoms with Gasteiger partial charge in [-0.3, -0.25) is 4.79 Å². The summed E-state index contributed by atoms with van der Waals surface area (Å²) in [7, 11) is 3.37. The predicted molar refractivity (Wildman–Crippen MR) is 164 cm³/mol. The van der Waals surface area contributed by atoms with Crippen molar-refractivity contribution in [3.8, 4) is 0 Å². The third-order valence-corrected chi connectivity index (χ3v) is 9.56. The lowest BCUT2D eigenvalue weighted by Crippen LogP contribution is -2.58. The molecule has 3 aliphatic rings. The first-order chi connectivity index (χ1) is 20.2. The molecule has 1 saturated carbocycles. The first-order valence-electron chi connectivity index (χ1n) is 15.3. The van der Waals surface area contributed by atoms with Crippen LogP contribution in [-0.4, -0.2) is 95.3 Å². The Labute approximate surface area is 248 Å². The van der Waals surface area contributed by atoms with Crippen LogP contribution in [0.15, 0.2) is 30.5 Å². The Morgan fingerprint density at radius 2 is 1.76 bits per heavy atom. The number of carbonyl (C=O) groups is 2. The van der Waals surface area contributed by atoms with E-state index in [1.165, 1.54) is 42.3 Å². The number of nitrogens with one attached hydrogen (secondary N) is 2. The number of aliphatic hydroxyl groups is 1. The molecule has 2 saturated heterocycles. The van der Waals surface area contributed by atoms with Crippen LogP contribution in [0.1, 0.15) is 74.3 Å². The summed E-state index contributed by atoms with van der Waals surface area (Å²) in [5, 5.41) is 16.5. The number of primary amides is 1. The van der Waals surface area contributed by atoms with Gasteiger partial charge in [0.25, 0.3) is 5.91 Å². The van der Waals surface area contributed by atoms with Gasteiger partial charge in [0.05, 0.1) is 24.9 Å². The number of nitrogens with zero attached hydrogens (tertiary/aromatic N) is 5. The molecule has 0 radical (unpaired) electrons. The number of aliphatic hydroxyl groups excluding tert-OH is 1. The number of benzene rings is 1. The van der Waals surface area contributed by atoms with Crippen molar-refractivity contribution in [1.29, 1.82) is 0 Å². The van der Waals surface area contributed by atoms with Crippen molar-refractivity contribution in [3.63, 3.8) is 0 Å². The number of likely N-dealkylation sites (tertiary alicyclic amines) is 1. The van der Waals surface area contributed by atoms with E-state index in [-0.39, 0.29) is 41.6 Å². The highest BCUT2D eigenvalue weighted by molar-refractivity contribution is 5.96. The van der Waals surface area contributed by atoms with Gasteiger partial charge in [-0.1, -0.05) is 31.9 Å². The molecular weight excluding hydrogens is 532 g/mol. The minimum atomic E-state index is -0.678. The fraction of sp³-hybridized carbons (Fsp3) is 0.613. The fourth-order valence-electron chi connectivity index (χ4n) is 6.84. The Morgan fingerprint density at radius 1 is 1.07 bits per heavy atom. The molecule has 0 spiro atoms. The normalized spacial score (nSPS) is 23.0. The van der Waals surface area contributed by atoms with E-state index in [0.717, 1.165) is 50.5 Å². The van der Waals surface area contributed by atoms with Gasteiger partial charge in [0.2, 0.25) is 0 Å². The highest BCUT2D eigenvalue weighted by atomic mass is 16.3. The highest BCUT2D eigenvalue weighted by Crippen LogP contribution is 2.38. The molecular formula is C31H46N8O3. The van der Waals surface area contributed by atoms with Crippen LogP contribution in [0.5, 0.6) is 0 Å². The van der Waals surface area contributed by atoms with Crippen molar-refractivity contribution in [2.45, 2.75) is 81.8 Å². The van der Waals surface area contributed by atoms with Gasteiger partial charge >= 0.3 is 6.03 Å². The average molecular weight is 579 g/mol. The molecule has 42 heavy (non-hydrogen) atoms. The van der Waals surface area contributed by atoms with Crippen LogP contribution in [0, 0.1) is 0 Å². The van der Waals surface area contributed by atoms with Crippen molar-refractivity contribution in [1.82, 2.24) is 25.1 Å². The Kier molecular flexibility index (Phi) is 9.17. The minimum absolute atomic E-state index is 0.0455. The van der Waals surface area contributed by atoms with Gasteiger partial charge in [-0.15, -0.1) is 0 Å². The fourth-order valence-corrected chi connectivity index (χ4v) is 6.84. The van der Waals surface area contributed by atoms with Crippen molar-refractivity contribution in [2.75, 3.05) is 50.6 Å². The summed E-state index contributed by atoms with van der Waals surface area (Å²) < 4.78 is 0. The molecule has 11 heteroatoms. The number of carbonyl (C=O) groups excluding carboxylic acids is 2. The van der Waals surface area contributed by atoms with Crippen LogP contribution >= 0.6 is 0 Å². The SMILES string of the molecule is CN(C)C(=O)N[C@@H]1CCCN(c2cnc(C(N)=O)c(Nc3ccc(C4(C)CCN(C5CCCC5)CC4)cc3)n2)[C@H]1CO. The molecule has 0 unspecified atom stereocenters. The minimum Gasteiger partial charge on any atom is -0.394 e. The summed E-state index contributed by atoms with van der Waals surface area (Å²) in [5.74, 6) is 0.0895. The van der Waals surface area contributed by atoms with E-state index >= 15 is 0 Å². The number of piperidine rings is 2. The van der Waals surface area contributed by atoms with Crippen molar-refractivity contribution in [3.05, 3.63) is 41.7 Å². The van der Waals surface area contributed by atoms with E-state index in [2.05, 4.69) is 39.6 Å². The summed E-state index contributed by atoms with van der Waals surface area (Å²) in [6.07, 6.45) is 10.8. The van der Waals surface area contributed by atoms with E-state index < -0.39 is 5.91 Å². The Balaban J connectivity index is 1.31. The molecule has 1 aromatic heterocycles. The lowest BCUT2D eigenvalue weighted by Gasteiger charge is -2.42. The lowest BCUT2D eigenvalue weighted by atomic mass is 9.74. The largest absolute Gasteiger partial charge is 0.394 e. The molecule has 0 bridgehead atoms. The van der Waals surface area contributed by atoms with Crippen molar-refractivity contribution >= 4 is 29.3 Å². The van der Waals surface area contributed by atoms with Gasteiger partial charge in [-0.25, -0.2) is 14.8 Å². The summed E-state index contributed by atoms with van der Waals surface area (Å²) in [4.78, 5) is 39.8. The molecule has 3 heterocycles. The van der Waals surface area contributed by atoms with Crippen LogP contribution in [0.25, 0.3) is 0 Å². The number of hydrogen-bond acceptors (Lipinski definition) is 8. The number of nitrogens with two attached hydrogens (primary N) is 1. The van der Waals surface area contributed by atoms with E-state index in [1.54, 1.807) is 14.1 Å². The molecule has 1 aromatic carbocycles. The molecule has 3 fully saturated rings. The predicted octanol–water partition coefficient (Wildman–Crippen LogP) is 3.22. The zero-order valence-corrected chi connectivity index (χ0v) is 25.2.